The number of nitrogens with two attached hydrogens (primary N) is 1. The van der Waals surface area contributed by atoms with E-state index in [1.807, 2.05) is 6.92 Å². The lowest BCUT2D eigenvalue weighted by Crippen LogP contribution is -2.45. The molecule has 2 unspecified atom stereocenters. The van der Waals surface area contributed by atoms with E-state index < -0.39 is 0 Å². The summed E-state index contributed by atoms with van der Waals surface area (Å²) in [6.45, 7) is 5.12. The topological polar surface area (TPSA) is 84.7 Å². The number of esters is 1. The summed E-state index contributed by atoms with van der Waals surface area (Å²) < 4.78 is 4.72. The molecule has 1 aliphatic heterocycles. The minimum absolute atomic E-state index is 0.00477. The summed E-state index contributed by atoms with van der Waals surface area (Å²) in [6, 6.07) is 0. The third-order valence-electron chi connectivity index (χ3n) is 3.46. The third kappa shape index (κ3) is 5.16. The van der Waals surface area contributed by atoms with Crippen LogP contribution in [-0.4, -0.2) is 56.6 Å². The highest BCUT2D eigenvalue weighted by Gasteiger charge is 2.27. The maximum absolute atomic E-state index is 11.9. The Labute approximate surface area is 114 Å². The van der Waals surface area contributed by atoms with Gasteiger partial charge in [0.05, 0.1) is 18.9 Å². The molecule has 0 radical (unpaired) electrons. The van der Waals surface area contributed by atoms with Crippen LogP contribution in [0.1, 0.15) is 19.8 Å². The first-order chi connectivity index (χ1) is 9.08. The molecule has 0 saturated carbocycles. The van der Waals surface area contributed by atoms with Crippen LogP contribution >= 0.6 is 0 Å². The number of rotatable bonds is 6. The molecule has 3 N–H and O–H groups in total. The number of nitrogens with zero attached hydrogens (tertiary/aromatic N) is 1. The number of piperidine rings is 1. The number of amides is 1. The number of ether oxygens (including phenoxy) is 1. The molecule has 6 heteroatoms. The molecule has 1 heterocycles. The number of carbonyl (C=O) groups is 2. The molecule has 1 rings (SSSR count). The number of carbonyl (C=O) groups excluding carboxylic acids is 2. The fourth-order valence-electron chi connectivity index (χ4n) is 2.44. The fourth-order valence-corrected chi connectivity index (χ4v) is 2.44. The van der Waals surface area contributed by atoms with Crippen molar-refractivity contribution >= 4 is 11.9 Å². The molecule has 0 spiro atoms. The van der Waals surface area contributed by atoms with Crippen molar-refractivity contribution in [3.8, 4) is 0 Å². The van der Waals surface area contributed by atoms with E-state index in [-0.39, 0.29) is 23.7 Å². The van der Waals surface area contributed by atoms with Crippen LogP contribution in [-0.2, 0) is 14.3 Å². The zero-order chi connectivity index (χ0) is 14.3. The van der Waals surface area contributed by atoms with Crippen LogP contribution in [0.5, 0.6) is 0 Å². The molecule has 1 saturated heterocycles. The highest BCUT2D eigenvalue weighted by atomic mass is 16.5. The van der Waals surface area contributed by atoms with Crippen molar-refractivity contribution in [3.05, 3.63) is 0 Å². The van der Waals surface area contributed by atoms with Crippen LogP contribution in [0.2, 0.25) is 0 Å². The normalized spacial score (nSPS) is 21.7. The number of hydrogen-bond acceptors (Lipinski definition) is 5. The molecule has 0 aromatic rings. The SMILES string of the molecule is COC(=O)C(C)CN1CCCC(C(=O)NCCN)C1. The summed E-state index contributed by atoms with van der Waals surface area (Å²) in [5.74, 6) is -0.281. The Hall–Kier alpha value is -1.14. The van der Waals surface area contributed by atoms with Crippen LogP contribution in [0.25, 0.3) is 0 Å². The molecule has 110 valence electrons. The molecule has 0 aromatic heterocycles. The molecule has 6 nitrogen and oxygen atoms in total. The van der Waals surface area contributed by atoms with Gasteiger partial charge in [-0.15, -0.1) is 0 Å². The smallest absolute Gasteiger partial charge is 0.309 e. The Balaban J connectivity index is 2.41. The Kier molecular flexibility index (Phi) is 6.80. The Morgan fingerprint density at radius 1 is 1.53 bits per heavy atom. The minimum Gasteiger partial charge on any atom is -0.469 e. The van der Waals surface area contributed by atoms with Crippen molar-refractivity contribution in [3.63, 3.8) is 0 Å². The quantitative estimate of drug-likeness (QED) is 0.641. The molecule has 0 aromatic carbocycles. The van der Waals surface area contributed by atoms with Crippen molar-refractivity contribution < 1.29 is 14.3 Å². The number of nitrogens with one attached hydrogen (secondary N) is 1. The zero-order valence-corrected chi connectivity index (χ0v) is 11.9. The highest BCUT2D eigenvalue weighted by Crippen LogP contribution is 2.18. The summed E-state index contributed by atoms with van der Waals surface area (Å²) in [5, 5.41) is 2.83. The molecule has 1 amide bonds. The summed E-state index contributed by atoms with van der Waals surface area (Å²) >= 11 is 0. The Bertz CT molecular complexity index is 310. The van der Waals surface area contributed by atoms with Crippen molar-refractivity contribution in [1.82, 2.24) is 10.2 Å². The molecule has 19 heavy (non-hydrogen) atoms. The van der Waals surface area contributed by atoms with Gasteiger partial charge in [0.25, 0.3) is 0 Å². The monoisotopic (exact) mass is 271 g/mol. The number of methoxy groups -OCH3 is 1. The first kappa shape index (κ1) is 15.9. The van der Waals surface area contributed by atoms with Crippen LogP contribution < -0.4 is 11.1 Å². The van der Waals surface area contributed by atoms with E-state index in [1.54, 1.807) is 0 Å². The fraction of sp³-hybridized carbons (Fsp3) is 0.846. The first-order valence-corrected chi connectivity index (χ1v) is 6.86. The van der Waals surface area contributed by atoms with Crippen molar-refractivity contribution in [2.24, 2.45) is 17.6 Å². The minimum atomic E-state index is -0.199. The molecule has 0 bridgehead atoms. The highest BCUT2D eigenvalue weighted by molar-refractivity contribution is 5.79. The van der Waals surface area contributed by atoms with Crippen molar-refractivity contribution in [2.75, 3.05) is 39.8 Å². The maximum atomic E-state index is 11.9. The van der Waals surface area contributed by atoms with E-state index >= 15 is 0 Å². The van der Waals surface area contributed by atoms with Gasteiger partial charge in [0.2, 0.25) is 5.91 Å². The van der Waals surface area contributed by atoms with Crippen molar-refractivity contribution in [1.29, 1.82) is 0 Å². The van der Waals surface area contributed by atoms with Gasteiger partial charge in [-0.25, -0.2) is 0 Å². The molecular weight excluding hydrogens is 246 g/mol. The van der Waals surface area contributed by atoms with Gasteiger partial charge in [-0.2, -0.15) is 0 Å². The van der Waals surface area contributed by atoms with Gasteiger partial charge in [0.15, 0.2) is 0 Å². The van der Waals surface area contributed by atoms with Crippen LogP contribution in [0, 0.1) is 11.8 Å². The molecular formula is C13H25N3O3. The molecule has 2 atom stereocenters. The van der Waals surface area contributed by atoms with Gasteiger partial charge < -0.3 is 20.7 Å². The van der Waals surface area contributed by atoms with E-state index in [0.717, 1.165) is 19.4 Å². The second-order valence-electron chi connectivity index (χ2n) is 5.10. The average molecular weight is 271 g/mol. The van der Waals surface area contributed by atoms with Gasteiger partial charge in [-0.3, -0.25) is 9.59 Å². The lowest BCUT2D eigenvalue weighted by molar-refractivity contribution is -0.145. The van der Waals surface area contributed by atoms with Crippen LogP contribution in [0.15, 0.2) is 0 Å². The third-order valence-corrected chi connectivity index (χ3v) is 3.46. The molecule has 1 fully saturated rings. The summed E-state index contributed by atoms with van der Waals surface area (Å²) in [5.41, 5.74) is 5.37. The van der Waals surface area contributed by atoms with E-state index in [4.69, 9.17) is 10.5 Å². The standard InChI is InChI=1S/C13H25N3O3/c1-10(13(18)19-2)8-16-7-3-4-11(9-16)12(17)15-6-5-14/h10-11H,3-9,14H2,1-2H3,(H,15,17). The van der Waals surface area contributed by atoms with E-state index in [2.05, 4.69) is 10.2 Å². The van der Waals surface area contributed by atoms with Crippen LogP contribution in [0.4, 0.5) is 0 Å². The number of likely N-dealkylation sites (tertiary alicyclic amines) is 1. The average Bonchev–Trinajstić information content (AvgIpc) is 2.43. The van der Waals surface area contributed by atoms with E-state index in [9.17, 15) is 9.59 Å². The van der Waals surface area contributed by atoms with Gasteiger partial charge in [-0.05, 0) is 19.4 Å². The molecule has 1 aliphatic rings. The largest absolute Gasteiger partial charge is 0.469 e. The van der Waals surface area contributed by atoms with Gasteiger partial charge in [0, 0.05) is 26.2 Å². The second kappa shape index (κ2) is 8.12. The van der Waals surface area contributed by atoms with E-state index in [0.29, 0.717) is 26.2 Å². The zero-order valence-electron chi connectivity index (χ0n) is 11.9. The van der Waals surface area contributed by atoms with Gasteiger partial charge in [0.1, 0.15) is 0 Å². The molecule has 0 aliphatic carbocycles. The van der Waals surface area contributed by atoms with Gasteiger partial charge in [-0.1, -0.05) is 6.92 Å². The predicted octanol–water partition coefficient (Wildman–Crippen LogP) is -0.418. The maximum Gasteiger partial charge on any atom is 0.309 e. The number of hydrogen-bond donors (Lipinski definition) is 2. The van der Waals surface area contributed by atoms with Crippen molar-refractivity contribution in [2.45, 2.75) is 19.8 Å². The lowest BCUT2D eigenvalue weighted by atomic mass is 9.96. The van der Waals surface area contributed by atoms with E-state index in [1.165, 1.54) is 7.11 Å². The summed E-state index contributed by atoms with van der Waals surface area (Å²) in [7, 11) is 1.40. The Morgan fingerprint density at radius 2 is 2.26 bits per heavy atom. The van der Waals surface area contributed by atoms with Gasteiger partial charge >= 0.3 is 5.97 Å². The Morgan fingerprint density at radius 3 is 2.89 bits per heavy atom. The summed E-state index contributed by atoms with van der Waals surface area (Å²) in [6.07, 6.45) is 1.88. The first-order valence-electron chi connectivity index (χ1n) is 6.86. The second-order valence-corrected chi connectivity index (χ2v) is 5.10. The lowest BCUT2D eigenvalue weighted by Gasteiger charge is -2.33. The van der Waals surface area contributed by atoms with Crippen LogP contribution in [0.3, 0.4) is 0 Å². The summed E-state index contributed by atoms with van der Waals surface area (Å²) in [4.78, 5) is 25.5. The predicted molar refractivity (Wildman–Crippen MR) is 72.4 cm³/mol.